The Morgan fingerprint density at radius 1 is 1.32 bits per heavy atom. The molecule has 2 rings (SSSR count). The van der Waals surface area contributed by atoms with Crippen LogP contribution in [0.1, 0.15) is 26.2 Å². The van der Waals surface area contributed by atoms with Gasteiger partial charge in [-0.3, -0.25) is 4.79 Å². The van der Waals surface area contributed by atoms with Gasteiger partial charge >= 0.3 is 0 Å². The number of nitrogens with one attached hydrogen (secondary N) is 1. The lowest BCUT2D eigenvalue weighted by molar-refractivity contribution is -0.132. The van der Waals surface area contributed by atoms with Crippen molar-refractivity contribution < 1.29 is 9.18 Å². The topological polar surface area (TPSA) is 32.3 Å². The number of rotatable bonds is 3. The maximum absolute atomic E-state index is 13.2. The maximum Gasteiger partial charge on any atom is 0.244 e. The molecule has 0 saturated carbocycles. The summed E-state index contributed by atoms with van der Waals surface area (Å²) in [5, 5.41) is 3.32. The first kappa shape index (κ1) is 14.1. The average molecular weight is 285 g/mol. The van der Waals surface area contributed by atoms with Crippen LogP contribution in [0.25, 0.3) is 0 Å². The quantitative estimate of drug-likeness (QED) is 0.924. The minimum absolute atomic E-state index is 0.0556. The molecule has 104 valence electrons. The molecule has 0 bridgehead atoms. The van der Waals surface area contributed by atoms with Crippen LogP contribution >= 0.6 is 11.6 Å². The van der Waals surface area contributed by atoms with E-state index in [0.29, 0.717) is 10.7 Å². The van der Waals surface area contributed by atoms with Crippen LogP contribution in [0.2, 0.25) is 5.02 Å². The monoisotopic (exact) mass is 284 g/mol. The number of nitrogens with zero attached hydrogens (tertiary/aromatic N) is 1. The Morgan fingerprint density at radius 3 is 2.63 bits per heavy atom. The summed E-state index contributed by atoms with van der Waals surface area (Å²) in [6.07, 6.45) is 3.31. The average Bonchev–Trinajstić information content (AvgIpc) is 2.37. The van der Waals surface area contributed by atoms with Crippen LogP contribution in [-0.2, 0) is 4.79 Å². The summed E-state index contributed by atoms with van der Waals surface area (Å²) in [5.74, 6) is -0.354. The molecule has 1 aromatic carbocycles. The van der Waals surface area contributed by atoms with E-state index in [9.17, 15) is 9.18 Å². The molecule has 1 aliphatic rings. The van der Waals surface area contributed by atoms with Gasteiger partial charge in [0.15, 0.2) is 0 Å². The van der Waals surface area contributed by atoms with Gasteiger partial charge in [0, 0.05) is 23.8 Å². The third-order valence-corrected chi connectivity index (χ3v) is 3.50. The highest BCUT2D eigenvalue weighted by molar-refractivity contribution is 6.30. The Balaban J connectivity index is 1.99. The molecule has 1 aliphatic heterocycles. The zero-order valence-corrected chi connectivity index (χ0v) is 11.7. The fraction of sp³-hybridized carbons (Fsp3) is 0.500. The Bertz CT molecular complexity index is 441. The lowest BCUT2D eigenvalue weighted by Gasteiger charge is -2.29. The second-order valence-electron chi connectivity index (χ2n) is 4.91. The van der Waals surface area contributed by atoms with Crippen LogP contribution in [0.4, 0.5) is 10.1 Å². The fourth-order valence-corrected chi connectivity index (χ4v) is 2.56. The van der Waals surface area contributed by atoms with Crippen LogP contribution in [0, 0.1) is 5.82 Å². The van der Waals surface area contributed by atoms with E-state index >= 15 is 0 Å². The van der Waals surface area contributed by atoms with Crippen LogP contribution in [-0.4, -0.2) is 29.9 Å². The summed E-state index contributed by atoms with van der Waals surface area (Å²) >= 11 is 5.79. The molecule has 1 saturated heterocycles. The zero-order chi connectivity index (χ0) is 13.8. The molecule has 3 nitrogen and oxygen atoms in total. The highest BCUT2D eigenvalue weighted by atomic mass is 35.5. The standard InChI is InChI=1S/C14H18ClFN2O/c1-10(14(19)18-5-3-2-4-6-18)17-13-8-11(15)7-12(16)9-13/h7-10,17H,2-6H2,1H3. The van der Waals surface area contributed by atoms with Gasteiger partial charge in [-0.25, -0.2) is 4.39 Å². The molecular formula is C14H18ClFN2O. The Labute approximate surface area is 117 Å². The molecule has 0 radical (unpaired) electrons. The molecule has 1 unspecified atom stereocenters. The molecular weight excluding hydrogens is 267 g/mol. The van der Waals surface area contributed by atoms with Crippen molar-refractivity contribution in [3.05, 3.63) is 29.0 Å². The molecule has 1 atom stereocenters. The first-order chi connectivity index (χ1) is 9.06. The molecule has 1 fully saturated rings. The summed E-state index contributed by atoms with van der Waals surface area (Å²) in [7, 11) is 0. The van der Waals surface area contributed by atoms with Crippen molar-refractivity contribution in [2.75, 3.05) is 18.4 Å². The van der Waals surface area contributed by atoms with Gasteiger partial charge in [0.1, 0.15) is 11.9 Å². The normalized spacial score (nSPS) is 17.1. The predicted molar refractivity (Wildman–Crippen MR) is 74.9 cm³/mol. The van der Waals surface area contributed by atoms with Crippen molar-refractivity contribution in [3.63, 3.8) is 0 Å². The van der Waals surface area contributed by atoms with Gasteiger partial charge < -0.3 is 10.2 Å². The van der Waals surface area contributed by atoms with Crippen LogP contribution < -0.4 is 5.32 Å². The van der Waals surface area contributed by atoms with Crippen LogP contribution in [0.5, 0.6) is 0 Å². The van der Waals surface area contributed by atoms with Crippen molar-refractivity contribution >= 4 is 23.2 Å². The van der Waals surface area contributed by atoms with E-state index < -0.39 is 5.82 Å². The van der Waals surface area contributed by atoms with E-state index in [1.165, 1.54) is 18.6 Å². The fourth-order valence-electron chi connectivity index (χ4n) is 2.34. The lowest BCUT2D eigenvalue weighted by atomic mass is 10.1. The molecule has 19 heavy (non-hydrogen) atoms. The number of carbonyl (C=O) groups is 1. The second kappa shape index (κ2) is 6.24. The molecule has 1 aromatic rings. The molecule has 1 amide bonds. The highest BCUT2D eigenvalue weighted by Gasteiger charge is 2.22. The number of hydrogen-bond donors (Lipinski definition) is 1. The van der Waals surface area contributed by atoms with Crippen molar-refractivity contribution in [2.45, 2.75) is 32.2 Å². The van der Waals surface area contributed by atoms with Crippen molar-refractivity contribution in [2.24, 2.45) is 0 Å². The summed E-state index contributed by atoms with van der Waals surface area (Å²) in [4.78, 5) is 14.1. The van der Waals surface area contributed by atoms with Crippen molar-refractivity contribution in [1.29, 1.82) is 0 Å². The largest absolute Gasteiger partial charge is 0.374 e. The van der Waals surface area contributed by atoms with Gasteiger partial charge in [0.25, 0.3) is 0 Å². The van der Waals surface area contributed by atoms with E-state index in [1.54, 1.807) is 13.0 Å². The first-order valence-electron chi connectivity index (χ1n) is 6.57. The Kier molecular flexibility index (Phi) is 4.64. The summed E-state index contributed by atoms with van der Waals surface area (Å²) in [6, 6.07) is 3.82. The van der Waals surface area contributed by atoms with E-state index in [4.69, 9.17) is 11.6 Å². The van der Waals surface area contributed by atoms with Gasteiger partial charge in [-0.1, -0.05) is 11.6 Å². The molecule has 1 N–H and O–H groups in total. The summed E-state index contributed by atoms with van der Waals surface area (Å²) < 4.78 is 13.2. The van der Waals surface area contributed by atoms with Gasteiger partial charge in [-0.15, -0.1) is 0 Å². The number of halogens is 2. The number of benzene rings is 1. The third-order valence-electron chi connectivity index (χ3n) is 3.28. The summed E-state index contributed by atoms with van der Waals surface area (Å²) in [5.41, 5.74) is 0.530. The number of hydrogen-bond acceptors (Lipinski definition) is 2. The first-order valence-corrected chi connectivity index (χ1v) is 6.95. The second-order valence-corrected chi connectivity index (χ2v) is 5.35. The maximum atomic E-state index is 13.2. The molecule has 0 aromatic heterocycles. The Morgan fingerprint density at radius 2 is 2.00 bits per heavy atom. The van der Waals surface area contributed by atoms with Crippen molar-refractivity contribution in [3.8, 4) is 0 Å². The predicted octanol–water partition coefficient (Wildman–Crippen LogP) is 3.29. The van der Waals surface area contributed by atoms with Crippen LogP contribution in [0.3, 0.4) is 0 Å². The molecule has 0 aliphatic carbocycles. The number of anilines is 1. The number of piperidine rings is 1. The Hall–Kier alpha value is -1.29. The van der Waals surface area contributed by atoms with Crippen LogP contribution in [0.15, 0.2) is 18.2 Å². The van der Waals surface area contributed by atoms with Crippen molar-refractivity contribution in [1.82, 2.24) is 4.90 Å². The SMILES string of the molecule is CC(Nc1cc(F)cc(Cl)c1)C(=O)N1CCCCC1. The third kappa shape index (κ3) is 3.83. The van der Waals surface area contributed by atoms with Gasteiger partial charge in [-0.2, -0.15) is 0 Å². The summed E-state index contributed by atoms with van der Waals surface area (Å²) in [6.45, 7) is 3.42. The molecule has 0 spiro atoms. The van der Waals surface area contributed by atoms with Gasteiger partial charge in [-0.05, 0) is 44.4 Å². The van der Waals surface area contributed by atoms with E-state index in [1.807, 2.05) is 4.90 Å². The van der Waals surface area contributed by atoms with E-state index in [-0.39, 0.29) is 11.9 Å². The van der Waals surface area contributed by atoms with E-state index in [0.717, 1.165) is 25.9 Å². The molecule has 1 heterocycles. The van der Waals surface area contributed by atoms with Gasteiger partial charge in [0.2, 0.25) is 5.91 Å². The zero-order valence-electron chi connectivity index (χ0n) is 11.0. The number of amides is 1. The molecule has 5 heteroatoms. The lowest BCUT2D eigenvalue weighted by Crippen LogP contribution is -2.43. The highest BCUT2D eigenvalue weighted by Crippen LogP contribution is 2.19. The smallest absolute Gasteiger partial charge is 0.244 e. The number of carbonyl (C=O) groups excluding carboxylic acids is 1. The number of likely N-dealkylation sites (tertiary alicyclic amines) is 1. The van der Waals surface area contributed by atoms with E-state index in [2.05, 4.69) is 5.32 Å². The minimum Gasteiger partial charge on any atom is -0.374 e. The minimum atomic E-state index is -0.410. The van der Waals surface area contributed by atoms with Gasteiger partial charge in [0.05, 0.1) is 0 Å².